The number of ketones is 1. The van der Waals surface area contributed by atoms with Crippen LogP contribution in [0.1, 0.15) is 27.9 Å². The van der Waals surface area contributed by atoms with E-state index in [-0.39, 0.29) is 17.4 Å². The Hall–Kier alpha value is -2.45. The number of Topliss-reactive ketones (excluding diaryl/α,β-unsaturated/α-hetero) is 1. The Bertz CT molecular complexity index is 900. The van der Waals surface area contributed by atoms with Gasteiger partial charge in [-0.3, -0.25) is 9.59 Å². The Labute approximate surface area is 146 Å². The standard InChI is InChI=1S/C16H13N3O3S2/c1-8-13(9(2)20)24-15(17-8)19-16-18-14(22)12(23-16)7-10-4-3-5-11(21)6-10/h3-7,21H,1-2H3,(H,17,18,19,22)/b12-7-. The van der Waals surface area contributed by atoms with Gasteiger partial charge in [0.15, 0.2) is 11.0 Å². The molecule has 1 aliphatic heterocycles. The number of thiazole rings is 1. The minimum Gasteiger partial charge on any atom is -0.508 e. The molecule has 0 radical (unpaired) electrons. The molecule has 6 nitrogen and oxygen atoms in total. The third kappa shape index (κ3) is 3.55. The number of amidine groups is 1. The molecule has 1 aliphatic rings. The van der Waals surface area contributed by atoms with Crippen LogP contribution in [0.2, 0.25) is 0 Å². The van der Waals surface area contributed by atoms with Crippen molar-refractivity contribution in [3.05, 3.63) is 45.3 Å². The molecule has 8 heteroatoms. The minimum atomic E-state index is -0.262. The van der Waals surface area contributed by atoms with Crippen LogP contribution in [0.3, 0.4) is 0 Å². The number of aromatic nitrogens is 1. The van der Waals surface area contributed by atoms with E-state index in [1.165, 1.54) is 30.0 Å². The minimum absolute atomic E-state index is 0.0518. The molecule has 0 atom stereocenters. The van der Waals surface area contributed by atoms with E-state index in [4.69, 9.17) is 0 Å². The van der Waals surface area contributed by atoms with Crippen molar-refractivity contribution in [2.24, 2.45) is 4.99 Å². The van der Waals surface area contributed by atoms with E-state index in [0.717, 1.165) is 5.56 Å². The van der Waals surface area contributed by atoms with Crippen molar-refractivity contribution in [2.45, 2.75) is 13.8 Å². The molecular weight excluding hydrogens is 346 g/mol. The SMILES string of the molecule is CC(=O)c1sc(/N=C2\NC(=O)/C(=C/c3cccc(O)c3)S2)nc1C. The second-order valence-electron chi connectivity index (χ2n) is 5.04. The monoisotopic (exact) mass is 359 g/mol. The van der Waals surface area contributed by atoms with Gasteiger partial charge in [0.1, 0.15) is 5.75 Å². The lowest BCUT2D eigenvalue weighted by atomic mass is 10.2. The maximum atomic E-state index is 12.0. The van der Waals surface area contributed by atoms with Crippen molar-refractivity contribution in [1.82, 2.24) is 10.3 Å². The molecule has 0 bridgehead atoms. The van der Waals surface area contributed by atoms with Crippen LogP contribution in [0.15, 0.2) is 34.2 Å². The number of carbonyl (C=O) groups is 2. The fourth-order valence-corrected chi connectivity index (χ4v) is 3.81. The Morgan fingerprint density at radius 2 is 2.21 bits per heavy atom. The van der Waals surface area contributed by atoms with Gasteiger partial charge >= 0.3 is 0 Å². The van der Waals surface area contributed by atoms with Gasteiger partial charge in [0.25, 0.3) is 5.91 Å². The maximum Gasteiger partial charge on any atom is 0.264 e. The van der Waals surface area contributed by atoms with Crippen molar-refractivity contribution in [2.75, 3.05) is 0 Å². The zero-order chi connectivity index (χ0) is 17.3. The fourth-order valence-electron chi connectivity index (χ4n) is 2.09. The van der Waals surface area contributed by atoms with Crippen LogP contribution in [0.25, 0.3) is 6.08 Å². The summed E-state index contributed by atoms with van der Waals surface area (Å²) in [5.74, 6) is -0.178. The number of nitrogens with zero attached hydrogens (tertiary/aromatic N) is 2. The van der Waals surface area contributed by atoms with Crippen LogP contribution in [-0.4, -0.2) is 26.9 Å². The van der Waals surface area contributed by atoms with Crippen molar-refractivity contribution in [1.29, 1.82) is 0 Å². The van der Waals surface area contributed by atoms with Crippen molar-refractivity contribution in [3.63, 3.8) is 0 Å². The average molecular weight is 359 g/mol. The van der Waals surface area contributed by atoms with Gasteiger partial charge in [-0.25, -0.2) is 4.98 Å². The summed E-state index contributed by atoms with van der Waals surface area (Å²) in [6.45, 7) is 3.24. The van der Waals surface area contributed by atoms with Crippen LogP contribution < -0.4 is 5.32 Å². The molecule has 1 amide bonds. The highest BCUT2D eigenvalue weighted by Crippen LogP contribution is 2.31. The Kier molecular flexibility index (Phi) is 4.50. The number of aryl methyl sites for hydroxylation is 1. The van der Waals surface area contributed by atoms with Crippen LogP contribution in [0.5, 0.6) is 5.75 Å². The smallest absolute Gasteiger partial charge is 0.264 e. The van der Waals surface area contributed by atoms with E-state index >= 15 is 0 Å². The molecule has 122 valence electrons. The average Bonchev–Trinajstić information content (AvgIpc) is 3.02. The lowest BCUT2D eigenvalue weighted by molar-refractivity contribution is -0.115. The van der Waals surface area contributed by atoms with Gasteiger partial charge in [-0.15, -0.1) is 0 Å². The predicted octanol–water partition coefficient (Wildman–Crippen LogP) is 3.25. The number of benzene rings is 1. The number of amides is 1. The fraction of sp³-hybridized carbons (Fsp3) is 0.125. The number of hydrogen-bond acceptors (Lipinski definition) is 7. The summed E-state index contributed by atoms with van der Waals surface area (Å²) < 4.78 is 0. The molecule has 1 aromatic heterocycles. The number of phenolic OH excluding ortho intramolecular Hbond substituents is 1. The quantitative estimate of drug-likeness (QED) is 0.648. The highest BCUT2D eigenvalue weighted by atomic mass is 32.2. The van der Waals surface area contributed by atoms with Crippen molar-refractivity contribution in [3.8, 4) is 5.75 Å². The molecular formula is C16H13N3O3S2. The number of thioether (sulfide) groups is 1. The first-order valence-corrected chi connectivity index (χ1v) is 8.62. The van der Waals surface area contributed by atoms with Gasteiger partial charge in [-0.2, -0.15) is 4.99 Å². The molecule has 0 saturated carbocycles. The molecule has 1 fully saturated rings. The summed E-state index contributed by atoms with van der Waals surface area (Å²) in [5.41, 5.74) is 1.36. The summed E-state index contributed by atoms with van der Waals surface area (Å²) >= 11 is 2.39. The molecule has 0 unspecified atom stereocenters. The van der Waals surface area contributed by atoms with E-state index in [0.29, 0.717) is 25.8 Å². The molecule has 0 aliphatic carbocycles. The van der Waals surface area contributed by atoms with Crippen molar-refractivity contribution >= 4 is 51.2 Å². The Morgan fingerprint density at radius 1 is 1.42 bits per heavy atom. The normalized spacial score (nSPS) is 17.5. The lowest BCUT2D eigenvalue weighted by Crippen LogP contribution is -2.19. The van der Waals surface area contributed by atoms with E-state index in [9.17, 15) is 14.7 Å². The third-order valence-electron chi connectivity index (χ3n) is 3.12. The largest absolute Gasteiger partial charge is 0.508 e. The molecule has 2 N–H and O–H groups in total. The van der Waals surface area contributed by atoms with Crippen LogP contribution in [0.4, 0.5) is 5.13 Å². The van der Waals surface area contributed by atoms with Crippen LogP contribution >= 0.6 is 23.1 Å². The van der Waals surface area contributed by atoms with E-state index in [2.05, 4.69) is 15.3 Å². The van der Waals surface area contributed by atoms with Crippen molar-refractivity contribution < 1.29 is 14.7 Å². The van der Waals surface area contributed by atoms with Gasteiger partial charge < -0.3 is 10.4 Å². The second-order valence-corrected chi connectivity index (χ2v) is 7.05. The zero-order valence-electron chi connectivity index (χ0n) is 12.9. The van der Waals surface area contributed by atoms with E-state index in [1.807, 2.05) is 0 Å². The van der Waals surface area contributed by atoms with Crippen LogP contribution in [0, 0.1) is 6.92 Å². The first-order valence-electron chi connectivity index (χ1n) is 6.99. The third-order valence-corrected chi connectivity index (χ3v) is 5.18. The first-order chi connectivity index (χ1) is 11.4. The molecule has 1 aromatic carbocycles. The summed E-state index contributed by atoms with van der Waals surface area (Å²) in [5, 5.41) is 13.0. The number of aliphatic imine (C=N–C) groups is 1. The number of hydrogen-bond donors (Lipinski definition) is 2. The maximum absolute atomic E-state index is 12.0. The molecule has 24 heavy (non-hydrogen) atoms. The molecule has 3 rings (SSSR count). The Morgan fingerprint density at radius 3 is 2.88 bits per heavy atom. The van der Waals surface area contributed by atoms with Gasteiger partial charge in [0, 0.05) is 6.92 Å². The first kappa shape index (κ1) is 16.4. The number of nitrogens with one attached hydrogen (secondary N) is 1. The zero-order valence-corrected chi connectivity index (χ0v) is 14.5. The summed E-state index contributed by atoms with van der Waals surface area (Å²) in [6.07, 6.45) is 1.68. The summed E-state index contributed by atoms with van der Waals surface area (Å²) in [7, 11) is 0. The van der Waals surface area contributed by atoms with Gasteiger partial charge in [0.05, 0.1) is 15.5 Å². The van der Waals surface area contributed by atoms with Gasteiger partial charge in [-0.1, -0.05) is 23.5 Å². The molecule has 2 aromatic rings. The van der Waals surface area contributed by atoms with E-state index in [1.54, 1.807) is 37.3 Å². The number of aromatic hydroxyl groups is 1. The van der Waals surface area contributed by atoms with Gasteiger partial charge in [-0.05, 0) is 42.5 Å². The topological polar surface area (TPSA) is 91.7 Å². The lowest BCUT2D eigenvalue weighted by Gasteiger charge is -1.95. The highest BCUT2D eigenvalue weighted by molar-refractivity contribution is 8.18. The summed E-state index contributed by atoms with van der Waals surface area (Å²) in [4.78, 5) is 33.1. The summed E-state index contributed by atoms with van der Waals surface area (Å²) in [6, 6.07) is 6.63. The molecule has 0 spiro atoms. The highest BCUT2D eigenvalue weighted by Gasteiger charge is 2.24. The Balaban J connectivity index is 1.84. The van der Waals surface area contributed by atoms with E-state index < -0.39 is 0 Å². The number of carbonyl (C=O) groups excluding carboxylic acids is 2. The number of rotatable bonds is 3. The molecule has 2 heterocycles. The number of phenols is 1. The molecule has 1 saturated heterocycles. The predicted molar refractivity (Wildman–Crippen MR) is 95.8 cm³/mol. The second kappa shape index (κ2) is 6.58. The van der Waals surface area contributed by atoms with Gasteiger partial charge in [0.2, 0.25) is 5.13 Å². The van der Waals surface area contributed by atoms with Crippen LogP contribution in [-0.2, 0) is 4.79 Å².